The average molecular weight is 236 g/mol. The molecule has 0 aliphatic rings. The minimum absolute atomic E-state index is 0.0561. The highest BCUT2D eigenvalue weighted by Gasteiger charge is 2.17. The lowest BCUT2D eigenvalue weighted by Crippen LogP contribution is -2.36. The number of nitrogens with one attached hydrogen (secondary N) is 1. The van der Waals surface area contributed by atoms with Crippen molar-refractivity contribution in [3.8, 4) is 0 Å². The normalized spacial score (nSPS) is 9.65. The van der Waals surface area contributed by atoms with E-state index < -0.39 is 24.0 Å². The van der Waals surface area contributed by atoms with E-state index in [0.29, 0.717) is 0 Å². The predicted molar refractivity (Wildman–Crippen MR) is 60.8 cm³/mol. The Bertz CT molecular complexity index is 492. The van der Waals surface area contributed by atoms with Crippen LogP contribution in [0.5, 0.6) is 0 Å². The molecular formula is C11H12N2O4. The number of amides is 1. The Hall–Kier alpha value is -2.37. The fourth-order valence-corrected chi connectivity index (χ4v) is 1.28. The Morgan fingerprint density at radius 1 is 1.47 bits per heavy atom. The van der Waals surface area contributed by atoms with Gasteiger partial charge in [-0.05, 0) is 6.07 Å². The van der Waals surface area contributed by atoms with Gasteiger partial charge in [0.2, 0.25) is 5.56 Å². The van der Waals surface area contributed by atoms with E-state index in [4.69, 9.17) is 5.11 Å². The second-order valence-electron chi connectivity index (χ2n) is 3.30. The zero-order valence-electron chi connectivity index (χ0n) is 9.05. The highest BCUT2D eigenvalue weighted by molar-refractivity contribution is 5.94. The molecule has 90 valence electrons. The molecular weight excluding hydrogens is 224 g/mol. The van der Waals surface area contributed by atoms with E-state index in [1.807, 2.05) is 0 Å². The van der Waals surface area contributed by atoms with Gasteiger partial charge in [0, 0.05) is 12.6 Å². The van der Waals surface area contributed by atoms with Crippen molar-refractivity contribution in [3.63, 3.8) is 0 Å². The Morgan fingerprint density at radius 2 is 2.18 bits per heavy atom. The molecule has 2 N–H and O–H groups in total. The molecule has 0 radical (unpaired) electrons. The van der Waals surface area contributed by atoms with Crippen LogP contribution in [0.4, 0.5) is 0 Å². The number of H-pyrrole nitrogens is 1. The monoisotopic (exact) mass is 236 g/mol. The van der Waals surface area contributed by atoms with E-state index in [0.717, 1.165) is 4.90 Å². The van der Waals surface area contributed by atoms with Crippen LogP contribution in [0.2, 0.25) is 0 Å². The van der Waals surface area contributed by atoms with Gasteiger partial charge in [-0.1, -0.05) is 12.1 Å². The van der Waals surface area contributed by atoms with E-state index >= 15 is 0 Å². The van der Waals surface area contributed by atoms with E-state index in [1.165, 1.54) is 24.3 Å². The number of carboxylic acids is 1. The van der Waals surface area contributed by atoms with Gasteiger partial charge in [-0.3, -0.25) is 14.4 Å². The van der Waals surface area contributed by atoms with Crippen molar-refractivity contribution < 1.29 is 14.7 Å². The first-order chi connectivity index (χ1) is 8.04. The van der Waals surface area contributed by atoms with Crippen molar-refractivity contribution in [1.82, 2.24) is 9.88 Å². The summed E-state index contributed by atoms with van der Waals surface area (Å²) >= 11 is 0. The van der Waals surface area contributed by atoms with E-state index in [2.05, 4.69) is 11.6 Å². The lowest BCUT2D eigenvalue weighted by Gasteiger charge is -2.18. The number of carbonyl (C=O) groups is 2. The highest BCUT2D eigenvalue weighted by Crippen LogP contribution is 2.00. The number of aliphatic carboxylic acids is 1. The van der Waals surface area contributed by atoms with Crippen LogP contribution in [0.1, 0.15) is 10.5 Å². The Kier molecular flexibility index (Phi) is 4.21. The molecule has 0 aliphatic carbocycles. The Balaban J connectivity index is 2.94. The zero-order valence-corrected chi connectivity index (χ0v) is 9.05. The maximum absolute atomic E-state index is 11.9. The van der Waals surface area contributed by atoms with Crippen LogP contribution in [-0.4, -0.2) is 40.0 Å². The maximum Gasteiger partial charge on any atom is 0.323 e. The number of aromatic nitrogens is 1. The molecule has 6 nitrogen and oxygen atoms in total. The molecule has 1 aromatic rings. The van der Waals surface area contributed by atoms with Gasteiger partial charge in [0.15, 0.2) is 0 Å². The summed E-state index contributed by atoms with van der Waals surface area (Å²) in [6.07, 6.45) is 1.42. The third-order valence-electron chi connectivity index (χ3n) is 1.96. The van der Waals surface area contributed by atoms with Crippen molar-refractivity contribution in [1.29, 1.82) is 0 Å². The number of carbonyl (C=O) groups excluding carboxylic acids is 1. The summed E-state index contributed by atoms with van der Waals surface area (Å²) in [6, 6.07) is 4.12. The van der Waals surface area contributed by atoms with Crippen molar-refractivity contribution in [2.24, 2.45) is 0 Å². The van der Waals surface area contributed by atoms with Crippen LogP contribution >= 0.6 is 0 Å². The first-order valence-electron chi connectivity index (χ1n) is 4.86. The van der Waals surface area contributed by atoms with Gasteiger partial charge in [-0.15, -0.1) is 6.58 Å². The number of pyridine rings is 1. The lowest BCUT2D eigenvalue weighted by molar-refractivity contribution is -0.137. The van der Waals surface area contributed by atoms with Gasteiger partial charge in [0.1, 0.15) is 12.2 Å². The molecule has 1 aromatic heterocycles. The second kappa shape index (κ2) is 5.64. The van der Waals surface area contributed by atoms with Crippen molar-refractivity contribution >= 4 is 11.9 Å². The molecule has 0 spiro atoms. The van der Waals surface area contributed by atoms with Crippen LogP contribution in [0.3, 0.4) is 0 Å². The third kappa shape index (κ3) is 3.60. The smallest absolute Gasteiger partial charge is 0.323 e. The molecule has 17 heavy (non-hydrogen) atoms. The highest BCUT2D eigenvalue weighted by atomic mass is 16.4. The van der Waals surface area contributed by atoms with Crippen LogP contribution in [0.15, 0.2) is 35.6 Å². The summed E-state index contributed by atoms with van der Waals surface area (Å²) in [5.41, 5.74) is -0.356. The van der Waals surface area contributed by atoms with Gasteiger partial charge >= 0.3 is 5.97 Å². The molecule has 6 heteroatoms. The molecule has 0 saturated carbocycles. The minimum atomic E-state index is -1.13. The Labute approximate surface area is 97.2 Å². The van der Waals surface area contributed by atoms with Crippen LogP contribution in [-0.2, 0) is 4.79 Å². The van der Waals surface area contributed by atoms with Crippen LogP contribution < -0.4 is 5.56 Å². The Morgan fingerprint density at radius 3 is 2.71 bits per heavy atom. The first kappa shape index (κ1) is 12.7. The molecule has 0 saturated heterocycles. The topological polar surface area (TPSA) is 90.5 Å². The molecule has 0 unspecified atom stereocenters. The van der Waals surface area contributed by atoms with Crippen molar-refractivity contribution in [2.45, 2.75) is 0 Å². The van der Waals surface area contributed by atoms with Gasteiger partial charge < -0.3 is 15.0 Å². The van der Waals surface area contributed by atoms with E-state index in [-0.39, 0.29) is 12.2 Å². The number of aromatic amines is 1. The summed E-state index contributed by atoms with van der Waals surface area (Å²) < 4.78 is 0. The molecule has 0 bridgehead atoms. The van der Waals surface area contributed by atoms with Crippen molar-refractivity contribution in [3.05, 3.63) is 46.9 Å². The summed E-state index contributed by atoms with van der Waals surface area (Å²) in [7, 11) is 0. The minimum Gasteiger partial charge on any atom is -0.480 e. The van der Waals surface area contributed by atoms with Gasteiger partial charge in [0.25, 0.3) is 5.91 Å². The summed E-state index contributed by atoms with van der Waals surface area (Å²) in [5, 5.41) is 8.66. The summed E-state index contributed by atoms with van der Waals surface area (Å²) in [4.78, 5) is 36.9. The summed E-state index contributed by atoms with van der Waals surface area (Å²) in [5.74, 6) is -1.68. The lowest BCUT2D eigenvalue weighted by atomic mass is 10.3. The van der Waals surface area contributed by atoms with Crippen LogP contribution in [0.25, 0.3) is 0 Å². The second-order valence-corrected chi connectivity index (χ2v) is 3.30. The number of hydrogen-bond donors (Lipinski definition) is 2. The molecule has 1 amide bonds. The van der Waals surface area contributed by atoms with Gasteiger partial charge in [-0.2, -0.15) is 0 Å². The molecule has 0 fully saturated rings. The number of nitrogens with zero attached hydrogens (tertiary/aromatic N) is 1. The predicted octanol–water partition coefficient (Wildman–Crippen LogP) is 0.0877. The fraction of sp³-hybridized carbons (Fsp3) is 0.182. The fourth-order valence-electron chi connectivity index (χ4n) is 1.28. The largest absolute Gasteiger partial charge is 0.480 e. The number of rotatable bonds is 5. The van der Waals surface area contributed by atoms with E-state index in [1.54, 1.807) is 0 Å². The maximum atomic E-state index is 11.9. The zero-order chi connectivity index (χ0) is 12.8. The third-order valence-corrected chi connectivity index (χ3v) is 1.96. The molecule has 1 rings (SSSR count). The number of hydrogen-bond acceptors (Lipinski definition) is 3. The summed E-state index contributed by atoms with van der Waals surface area (Å²) in [6.45, 7) is 3.10. The molecule has 0 aromatic carbocycles. The van der Waals surface area contributed by atoms with Gasteiger partial charge in [-0.25, -0.2) is 0 Å². The average Bonchev–Trinajstić information content (AvgIpc) is 2.27. The van der Waals surface area contributed by atoms with E-state index in [9.17, 15) is 14.4 Å². The SMILES string of the molecule is C=CCN(CC(=O)O)C(=O)c1cccc(=O)[nH]1. The van der Waals surface area contributed by atoms with Gasteiger partial charge in [0.05, 0.1) is 0 Å². The first-order valence-corrected chi connectivity index (χ1v) is 4.86. The molecule has 0 aliphatic heterocycles. The van der Waals surface area contributed by atoms with Crippen LogP contribution in [0, 0.1) is 0 Å². The number of carboxylic acid groups (broad SMARTS) is 1. The van der Waals surface area contributed by atoms with Crippen molar-refractivity contribution in [2.75, 3.05) is 13.1 Å². The quantitative estimate of drug-likeness (QED) is 0.709. The molecule has 1 heterocycles. The molecule has 0 atom stereocenters. The standard InChI is InChI=1S/C11H12N2O4/c1-2-6-13(7-10(15)16)11(17)8-4-3-5-9(14)12-8/h2-5H,1,6-7H2,(H,12,14)(H,15,16).